The lowest BCUT2D eigenvalue weighted by molar-refractivity contribution is 0.506. The van der Waals surface area contributed by atoms with Crippen LogP contribution in [0.1, 0.15) is 33.3 Å². The number of rotatable bonds is 4. The summed E-state index contributed by atoms with van der Waals surface area (Å²) >= 11 is 6.57. The van der Waals surface area contributed by atoms with Crippen LogP contribution in [0.5, 0.6) is 0 Å². The van der Waals surface area contributed by atoms with Crippen LogP contribution in [0.3, 0.4) is 0 Å². The van der Waals surface area contributed by atoms with Crippen molar-refractivity contribution in [2.75, 3.05) is 29.8 Å². The maximum absolute atomic E-state index is 6.57. The van der Waals surface area contributed by atoms with Gasteiger partial charge in [0.1, 0.15) is 0 Å². The number of fused-ring (bicyclic) bond motifs is 1. The van der Waals surface area contributed by atoms with Crippen LogP contribution in [-0.2, 0) is 17.2 Å². The molecule has 4 rings (SSSR count). The van der Waals surface area contributed by atoms with Crippen molar-refractivity contribution >= 4 is 35.7 Å². The average Bonchev–Trinajstić information content (AvgIpc) is 3.16. The zero-order valence-corrected chi connectivity index (χ0v) is 19.5. The van der Waals surface area contributed by atoms with Gasteiger partial charge in [0.15, 0.2) is 6.34 Å². The van der Waals surface area contributed by atoms with E-state index in [-0.39, 0.29) is 5.41 Å². The van der Waals surface area contributed by atoms with E-state index in [4.69, 9.17) is 16.9 Å². The van der Waals surface area contributed by atoms with Crippen molar-refractivity contribution in [3.63, 3.8) is 0 Å². The maximum Gasteiger partial charge on any atom is 0.154 e. The molecule has 0 unspecified atom stereocenters. The third-order valence-electron chi connectivity index (χ3n) is 6.07. The van der Waals surface area contributed by atoms with E-state index in [2.05, 4.69) is 97.6 Å². The monoisotopic (exact) mass is 424 g/mol. The first kappa shape index (κ1) is 20.3. The van der Waals surface area contributed by atoms with Gasteiger partial charge in [-0.3, -0.25) is 4.67 Å². The highest BCUT2D eigenvalue weighted by Gasteiger charge is 2.47. The van der Waals surface area contributed by atoms with Crippen molar-refractivity contribution in [2.24, 2.45) is 5.10 Å². The van der Waals surface area contributed by atoms with E-state index in [1.165, 1.54) is 22.3 Å². The standard InChI is InChI=1S/C23H29N4PS/c1-6-26(7-2)28(29)21(17-24-27(28)18-13-9-8-10-14-18)22-23(3,4)19-15-11-12-16-20(19)25(22)5/h8-17H,6-7H2,1-5H3/b22-21+/t28-/m1/s1. The number of anilines is 2. The molecule has 0 N–H and O–H groups in total. The zero-order valence-electron chi connectivity index (χ0n) is 17.8. The Kier molecular flexibility index (Phi) is 5.18. The highest BCUT2D eigenvalue weighted by atomic mass is 32.4. The van der Waals surface area contributed by atoms with Crippen LogP contribution in [0.2, 0.25) is 0 Å². The molecule has 2 aliphatic rings. The number of hydrogen-bond acceptors (Lipinski definition) is 3. The molecular formula is C23H29N4PS. The lowest BCUT2D eigenvalue weighted by Gasteiger charge is -2.39. The first-order valence-corrected chi connectivity index (χ1v) is 12.9. The summed E-state index contributed by atoms with van der Waals surface area (Å²) in [5.41, 5.74) is 4.81. The normalized spacial score (nSPS) is 25.2. The smallest absolute Gasteiger partial charge is 0.154 e. The van der Waals surface area contributed by atoms with Gasteiger partial charge in [-0.1, -0.05) is 75.9 Å². The number of likely N-dealkylation sites (N-methyl/N-ethyl adjacent to an activating group) is 1. The Labute approximate surface area is 179 Å². The topological polar surface area (TPSA) is 22.1 Å². The average molecular weight is 425 g/mol. The summed E-state index contributed by atoms with van der Waals surface area (Å²) in [5, 5.41) is 6.09. The molecule has 1 atom stereocenters. The molecule has 6 heteroatoms. The van der Waals surface area contributed by atoms with E-state index < -0.39 is 6.34 Å². The van der Waals surface area contributed by atoms with Crippen molar-refractivity contribution in [3.8, 4) is 0 Å². The van der Waals surface area contributed by atoms with Crippen molar-refractivity contribution in [2.45, 2.75) is 33.1 Å². The molecule has 0 radical (unpaired) electrons. The highest BCUT2D eigenvalue weighted by molar-refractivity contribution is 8.16. The molecule has 0 fully saturated rings. The van der Waals surface area contributed by atoms with Crippen molar-refractivity contribution in [3.05, 3.63) is 71.2 Å². The molecule has 2 heterocycles. The minimum Gasteiger partial charge on any atom is -0.346 e. The molecule has 2 aromatic rings. The van der Waals surface area contributed by atoms with Gasteiger partial charge in [0.25, 0.3) is 0 Å². The number of nitrogens with zero attached hydrogens (tertiary/aromatic N) is 4. The summed E-state index contributed by atoms with van der Waals surface area (Å²) in [6.45, 7) is 10.8. The summed E-state index contributed by atoms with van der Waals surface area (Å²) in [6, 6.07) is 19.0. The van der Waals surface area contributed by atoms with Gasteiger partial charge in [-0.25, -0.2) is 4.78 Å². The quantitative estimate of drug-likeness (QED) is 0.580. The fourth-order valence-electron chi connectivity index (χ4n) is 4.67. The van der Waals surface area contributed by atoms with Crippen LogP contribution < -0.4 is 9.68 Å². The van der Waals surface area contributed by atoms with Crippen molar-refractivity contribution in [1.82, 2.24) is 4.67 Å². The van der Waals surface area contributed by atoms with Gasteiger partial charge in [-0.15, -0.1) is 0 Å². The Hall–Kier alpha value is -1.94. The first-order chi connectivity index (χ1) is 13.9. The zero-order chi connectivity index (χ0) is 20.8. The SMILES string of the molecule is CCN(CC)[P@]1(=S)/C(=C2/N(C)c3ccccc3C2(C)C)C=NN1c1ccccc1. The second-order valence-corrected chi connectivity index (χ2v) is 12.0. The van der Waals surface area contributed by atoms with E-state index >= 15 is 0 Å². The van der Waals surface area contributed by atoms with Gasteiger partial charge >= 0.3 is 0 Å². The Balaban J connectivity index is 1.96. The van der Waals surface area contributed by atoms with Gasteiger partial charge in [-0.2, -0.15) is 5.10 Å². The third-order valence-corrected chi connectivity index (χ3v) is 11.0. The summed E-state index contributed by atoms with van der Waals surface area (Å²) in [4.78, 5) is 2.33. The number of hydrazone groups is 1. The fourth-order valence-corrected chi connectivity index (χ4v) is 9.24. The molecule has 0 saturated heterocycles. The molecule has 0 aliphatic carbocycles. The molecule has 0 saturated carbocycles. The van der Waals surface area contributed by atoms with Crippen molar-refractivity contribution < 1.29 is 0 Å². The molecule has 29 heavy (non-hydrogen) atoms. The summed E-state index contributed by atoms with van der Waals surface area (Å²) in [7, 11) is 2.16. The number of hydrogen-bond donors (Lipinski definition) is 0. The molecule has 0 spiro atoms. The van der Waals surface area contributed by atoms with Crippen LogP contribution in [0.25, 0.3) is 0 Å². The van der Waals surface area contributed by atoms with Crippen LogP contribution in [-0.4, -0.2) is 31.0 Å². The van der Waals surface area contributed by atoms with Crippen molar-refractivity contribution in [1.29, 1.82) is 0 Å². The number of allylic oxidation sites excluding steroid dienone is 2. The summed E-state index contributed by atoms with van der Waals surface area (Å²) in [6.07, 6.45) is -0.268. The number of para-hydroxylation sites is 2. The molecule has 4 nitrogen and oxygen atoms in total. The predicted molar refractivity (Wildman–Crippen MR) is 130 cm³/mol. The second-order valence-electron chi connectivity index (χ2n) is 7.99. The van der Waals surface area contributed by atoms with Gasteiger partial charge in [0, 0.05) is 36.9 Å². The van der Waals surface area contributed by atoms with E-state index in [1.54, 1.807) is 0 Å². The van der Waals surface area contributed by atoms with Gasteiger partial charge in [0.05, 0.1) is 17.2 Å². The summed E-state index contributed by atoms with van der Waals surface area (Å²) < 4.78 is 4.54. The van der Waals surface area contributed by atoms with E-state index in [1.807, 2.05) is 12.3 Å². The van der Waals surface area contributed by atoms with Crippen LogP contribution in [0.15, 0.2) is 70.7 Å². The second kappa shape index (κ2) is 7.39. The predicted octanol–water partition coefficient (Wildman–Crippen LogP) is 5.78. The Morgan fingerprint density at radius 2 is 1.62 bits per heavy atom. The molecular weight excluding hydrogens is 395 g/mol. The van der Waals surface area contributed by atoms with Gasteiger partial charge < -0.3 is 4.90 Å². The molecule has 0 aromatic heterocycles. The molecule has 0 amide bonds. The third kappa shape index (κ3) is 2.91. The van der Waals surface area contributed by atoms with Crippen LogP contribution in [0.4, 0.5) is 11.4 Å². The van der Waals surface area contributed by atoms with Crippen LogP contribution in [0, 0.1) is 0 Å². The van der Waals surface area contributed by atoms with Crippen LogP contribution >= 0.6 is 6.34 Å². The Morgan fingerprint density at radius 1 is 1.00 bits per heavy atom. The molecule has 2 aliphatic heterocycles. The molecule has 152 valence electrons. The lowest BCUT2D eigenvalue weighted by Crippen LogP contribution is -2.31. The lowest BCUT2D eigenvalue weighted by atomic mass is 9.84. The minimum absolute atomic E-state index is 0.128. The van der Waals surface area contributed by atoms with E-state index in [0.717, 1.165) is 18.8 Å². The van der Waals surface area contributed by atoms with Gasteiger partial charge in [-0.05, 0) is 23.8 Å². The van der Waals surface area contributed by atoms with E-state index in [0.29, 0.717) is 0 Å². The molecule has 0 bridgehead atoms. The highest BCUT2D eigenvalue weighted by Crippen LogP contribution is 2.67. The first-order valence-electron chi connectivity index (χ1n) is 10.2. The molecule has 2 aromatic carbocycles. The largest absolute Gasteiger partial charge is 0.346 e. The Morgan fingerprint density at radius 3 is 2.24 bits per heavy atom. The van der Waals surface area contributed by atoms with Gasteiger partial charge in [0.2, 0.25) is 0 Å². The van der Waals surface area contributed by atoms with E-state index in [9.17, 15) is 0 Å². The minimum atomic E-state index is -2.30. The fraction of sp³-hybridized carbons (Fsp3) is 0.348. The summed E-state index contributed by atoms with van der Waals surface area (Å²) in [5.74, 6) is 0. The Bertz CT molecular complexity index is 1020. The maximum atomic E-state index is 6.57. The number of benzene rings is 2.